The number of fused-ring (bicyclic) bond motifs is 1. The van der Waals surface area contributed by atoms with Gasteiger partial charge in [0.25, 0.3) is 5.56 Å². The molecule has 0 aromatic carbocycles. The molecule has 29 heavy (non-hydrogen) atoms. The third kappa shape index (κ3) is 4.86. The summed E-state index contributed by atoms with van der Waals surface area (Å²) >= 11 is 1.59. The van der Waals surface area contributed by atoms with Crippen LogP contribution < -0.4 is 21.2 Å². The Morgan fingerprint density at radius 3 is 2.86 bits per heavy atom. The monoisotopic (exact) mass is 409 g/mol. The lowest BCUT2D eigenvalue weighted by molar-refractivity contribution is 0.191. The number of rotatable bonds is 7. The molecule has 9 heteroatoms. The Bertz CT molecular complexity index is 1030. The molecular weight excluding hydrogens is 385 g/mol. The highest BCUT2D eigenvalue weighted by Gasteiger charge is 2.19. The zero-order chi connectivity index (χ0) is 20.2. The quantitative estimate of drug-likeness (QED) is 0.585. The molecule has 3 aromatic rings. The zero-order valence-corrected chi connectivity index (χ0v) is 17.3. The van der Waals surface area contributed by atoms with Crippen LogP contribution in [0.25, 0.3) is 11.0 Å². The molecule has 1 aliphatic heterocycles. The van der Waals surface area contributed by atoms with E-state index in [0.29, 0.717) is 23.9 Å². The Labute approximate surface area is 175 Å². The summed E-state index contributed by atoms with van der Waals surface area (Å²) in [5.41, 5.74) is 2.21. The van der Waals surface area contributed by atoms with E-state index in [1.54, 1.807) is 41.3 Å². The lowest BCUT2D eigenvalue weighted by Crippen LogP contribution is -2.43. The highest BCUT2D eigenvalue weighted by molar-refractivity contribution is 7.10. The van der Waals surface area contributed by atoms with Gasteiger partial charge >= 0.3 is 0 Å². The number of aromatic nitrogens is 3. The summed E-state index contributed by atoms with van der Waals surface area (Å²) in [5, 5.41) is 6.49. The first-order valence-corrected chi connectivity index (χ1v) is 10.7. The maximum atomic E-state index is 12.4. The molecule has 0 bridgehead atoms. The molecule has 0 atom stereocenters. The predicted molar refractivity (Wildman–Crippen MR) is 116 cm³/mol. The maximum absolute atomic E-state index is 12.4. The first kappa shape index (κ1) is 20.1. The molecule has 4 heterocycles. The third-order valence-corrected chi connectivity index (χ3v) is 6.25. The summed E-state index contributed by atoms with van der Waals surface area (Å²) in [6.07, 6.45) is 3.84. The van der Waals surface area contributed by atoms with Crippen LogP contribution >= 0.6 is 11.3 Å². The van der Waals surface area contributed by atoms with Crippen molar-refractivity contribution < 1.29 is 4.74 Å². The topological polar surface area (TPSA) is 72.3 Å². The van der Waals surface area contributed by atoms with Crippen molar-refractivity contribution in [3.63, 3.8) is 0 Å². The van der Waals surface area contributed by atoms with E-state index in [2.05, 4.69) is 20.2 Å². The number of methoxy groups -OCH3 is 1. The van der Waals surface area contributed by atoms with Crippen LogP contribution in [0.5, 0.6) is 5.75 Å². The van der Waals surface area contributed by atoms with E-state index in [0.717, 1.165) is 55.1 Å². The minimum absolute atomic E-state index is 0.00757. The second kappa shape index (κ2) is 9.07. The molecule has 7 nitrogen and oxygen atoms in total. The molecule has 0 unspecified atom stereocenters. The third-order valence-electron chi connectivity index (χ3n) is 5.39. The van der Waals surface area contributed by atoms with Gasteiger partial charge in [0.15, 0.2) is 0 Å². The van der Waals surface area contributed by atoms with Crippen molar-refractivity contribution in [2.75, 3.05) is 26.7 Å². The summed E-state index contributed by atoms with van der Waals surface area (Å²) in [5.74, 6) is 0.658. The number of pyridine rings is 2. The molecule has 4 rings (SSSR count). The van der Waals surface area contributed by atoms with Crippen LogP contribution in [-0.2, 0) is 13.1 Å². The Hall–Kier alpha value is -2.23. The van der Waals surface area contributed by atoms with Gasteiger partial charge in [-0.2, -0.15) is 0 Å². The standard InChI is InChI=1S/C20H24BN5O2S/c1-28-15-10-17-16(23-11-15)2-3-20(27)26(17)9-8-25-6-4-14(5-7-25)22-12-19-24-18(21)13-29-19/h2-3,10-11,13-14,22H,4-9,12H2,1H3. The van der Waals surface area contributed by atoms with Gasteiger partial charge in [-0.1, -0.05) is 0 Å². The molecule has 1 fully saturated rings. The van der Waals surface area contributed by atoms with Crippen molar-refractivity contribution in [3.8, 4) is 5.75 Å². The van der Waals surface area contributed by atoms with Crippen molar-refractivity contribution in [1.29, 1.82) is 0 Å². The molecule has 1 aliphatic rings. The minimum atomic E-state index is -0.00757. The van der Waals surface area contributed by atoms with Crippen LogP contribution in [0.1, 0.15) is 17.8 Å². The van der Waals surface area contributed by atoms with Crippen LogP contribution in [0.2, 0.25) is 0 Å². The number of piperidine rings is 1. The molecule has 1 N–H and O–H groups in total. The smallest absolute Gasteiger partial charge is 0.251 e. The van der Waals surface area contributed by atoms with Gasteiger partial charge < -0.3 is 19.5 Å². The average Bonchev–Trinajstić information content (AvgIpc) is 3.17. The number of hydrogen-bond acceptors (Lipinski definition) is 7. The number of nitrogens with zero attached hydrogens (tertiary/aromatic N) is 4. The molecule has 3 aromatic heterocycles. The molecule has 0 amide bonds. The Balaban J connectivity index is 1.32. The Kier molecular flexibility index (Phi) is 6.27. The lowest BCUT2D eigenvalue weighted by atomic mass is 10.1. The molecule has 1 saturated heterocycles. The SMILES string of the molecule is [B]c1csc(CNC2CCN(CCn3c(=O)ccc4ncc(OC)cc43)CC2)n1. The van der Waals surface area contributed by atoms with E-state index in [4.69, 9.17) is 12.6 Å². The van der Waals surface area contributed by atoms with Crippen LogP contribution in [0.4, 0.5) is 0 Å². The van der Waals surface area contributed by atoms with Gasteiger partial charge in [0.2, 0.25) is 0 Å². The Morgan fingerprint density at radius 1 is 1.31 bits per heavy atom. The number of hydrogen-bond donors (Lipinski definition) is 1. The van der Waals surface area contributed by atoms with Crippen LogP contribution in [0.15, 0.2) is 34.6 Å². The molecule has 0 saturated carbocycles. The summed E-state index contributed by atoms with van der Waals surface area (Å²) in [6.45, 7) is 4.28. The fraction of sp³-hybridized carbons (Fsp3) is 0.450. The largest absolute Gasteiger partial charge is 0.495 e. The van der Waals surface area contributed by atoms with E-state index >= 15 is 0 Å². The van der Waals surface area contributed by atoms with Crippen molar-refractivity contribution in [2.24, 2.45) is 0 Å². The zero-order valence-electron chi connectivity index (χ0n) is 16.5. The fourth-order valence-electron chi connectivity index (χ4n) is 3.73. The van der Waals surface area contributed by atoms with E-state index < -0.39 is 0 Å². The number of likely N-dealkylation sites (tertiary alicyclic amines) is 1. The Morgan fingerprint density at radius 2 is 2.14 bits per heavy atom. The van der Waals surface area contributed by atoms with E-state index in [9.17, 15) is 4.79 Å². The molecule has 2 radical (unpaired) electrons. The number of nitrogens with one attached hydrogen (secondary N) is 1. The van der Waals surface area contributed by atoms with E-state index in [-0.39, 0.29) is 5.56 Å². The van der Waals surface area contributed by atoms with Crippen molar-refractivity contribution >= 4 is 35.8 Å². The number of thiazole rings is 1. The number of ether oxygens (including phenoxy) is 1. The van der Waals surface area contributed by atoms with Gasteiger partial charge in [0.05, 0.1) is 24.3 Å². The van der Waals surface area contributed by atoms with Gasteiger partial charge in [0, 0.05) is 43.2 Å². The van der Waals surface area contributed by atoms with Gasteiger partial charge in [-0.05, 0) is 37.6 Å². The second-order valence-electron chi connectivity index (χ2n) is 7.27. The van der Waals surface area contributed by atoms with Crippen LogP contribution in [0.3, 0.4) is 0 Å². The van der Waals surface area contributed by atoms with Crippen LogP contribution in [-0.4, -0.2) is 60.1 Å². The molecular formula is C20H24BN5O2S. The average molecular weight is 409 g/mol. The second-order valence-corrected chi connectivity index (χ2v) is 8.21. The van der Waals surface area contributed by atoms with Crippen molar-refractivity contribution in [1.82, 2.24) is 24.8 Å². The van der Waals surface area contributed by atoms with Gasteiger partial charge in [-0.15, -0.1) is 11.3 Å². The predicted octanol–water partition coefficient (Wildman–Crippen LogP) is 0.910. The summed E-state index contributed by atoms with van der Waals surface area (Å²) in [4.78, 5) is 23.5. The van der Waals surface area contributed by atoms with E-state index in [1.807, 2.05) is 11.4 Å². The highest BCUT2D eigenvalue weighted by atomic mass is 32.1. The van der Waals surface area contributed by atoms with Crippen molar-refractivity contribution in [2.45, 2.75) is 32.0 Å². The maximum Gasteiger partial charge on any atom is 0.251 e. The summed E-state index contributed by atoms with van der Waals surface area (Å²) in [7, 11) is 7.29. The molecule has 0 aliphatic carbocycles. The van der Waals surface area contributed by atoms with Crippen molar-refractivity contribution in [3.05, 3.63) is 45.1 Å². The normalized spacial score (nSPS) is 15.8. The first-order chi connectivity index (χ1) is 14.1. The fourth-order valence-corrected chi connectivity index (χ4v) is 4.37. The summed E-state index contributed by atoms with van der Waals surface area (Å²) in [6, 6.07) is 5.72. The van der Waals surface area contributed by atoms with Gasteiger partial charge in [0.1, 0.15) is 18.6 Å². The van der Waals surface area contributed by atoms with E-state index in [1.165, 1.54) is 0 Å². The van der Waals surface area contributed by atoms with Gasteiger partial charge in [-0.25, -0.2) is 0 Å². The highest BCUT2D eigenvalue weighted by Crippen LogP contribution is 2.17. The summed E-state index contributed by atoms with van der Waals surface area (Å²) < 4.78 is 7.07. The van der Waals surface area contributed by atoms with Gasteiger partial charge in [-0.3, -0.25) is 14.8 Å². The molecule has 0 spiro atoms. The minimum Gasteiger partial charge on any atom is -0.495 e. The lowest BCUT2D eigenvalue weighted by Gasteiger charge is -2.32. The molecule has 150 valence electrons. The van der Waals surface area contributed by atoms with Crippen LogP contribution in [0, 0.1) is 0 Å². The first-order valence-electron chi connectivity index (χ1n) is 9.81.